The molecule has 0 aliphatic heterocycles. The first-order valence-corrected chi connectivity index (χ1v) is 6.86. The summed E-state index contributed by atoms with van der Waals surface area (Å²) in [7, 11) is 0. The van der Waals surface area contributed by atoms with Gasteiger partial charge in [0.2, 0.25) is 5.91 Å². The third kappa shape index (κ3) is 5.07. The molecule has 0 heterocycles. The second-order valence-corrected chi connectivity index (χ2v) is 4.84. The predicted molar refractivity (Wildman–Crippen MR) is 81.6 cm³/mol. The molecule has 2 rings (SSSR count). The highest BCUT2D eigenvalue weighted by Gasteiger charge is 2.12. The molecule has 23 heavy (non-hydrogen) atoms. The summed E-state index contributed by atoms with van der Waals surface area (Å²) in [4.78, 5) is 11.8. The fourth-order valence-electron chi connectivity index (χ4n) is 1.77. The van der Waals surface area contributed by atoms with Crippen LogP contribution in [0.2, 0.25) is 5.02 Å². The largest absolute Gasteiger partial charge is 0.433 e. The van der Waals surface area contributed by atoms with Gasteiger partial charge in [0, 0.05) is 5.02 Å². The lowest BCUT2D eigenvalue weighted by molar-refractivity contribution is -0.114. The van der Waals surface area contributed by atoms with E-state index in [4.69, 9.17) is 11.6 Å². The van der Waals surface area contributed by atoms with Crippen molar-refractivity contribution in [2.45, 2.75) is 6.61 Å². The molecule has 0 saturated heterocycles. The Bertz CT molecular complexity index is 698. The number of carbonyl (C=O) groups excluding carboxylic acids is 1. The molecular weight excluding hydrogens is 333 g/mol. The van der Waals surface area contributed by atoms with Crippen molar-refractivity contribution in [2.75, 3.05) is 17.2 Å². The molecule has 0 aliphatic carbocycles. The fraction of sp³-hybridized carbons (Fsp3) is 0.133. The van der Waals surface area contributed by atoms with Crippen LogP contribution in [0.4, 0.5) is 24.5 Å². The summed E-state index contributed by atoms with van der Waals surface area (Å²) in [6.45, 7) is -3.27. The quantitative estimate of drug-likeness (QED) is 0.828. The topological polar surface area (TPSA) is 50.4 Å². The van der Waals surface area contributed by atoms with Gasteiger partial charge in [0.1, 0.15) is 11.6 Å². The molecule has 0 aromatic heterocycles. The fourth-order valence-corrected chi connectivity index (χ4v) is 1.93. The van der Waals surface area contributed by atoms with E-state index in [9.17, 15) is 18.0 Å². The Labute approximate surface area is 135 Å². The van der Waals surface area contributed by atoms with Crippen molar-refractivity contribution in [3.63, 3.8) is 0 Å². The van der Waals surface area contributed by atoms with Gasteiger partial charge in [-0.25, -0.2) is 4.39 Å². The van der Waals surface area contributed by atoms with Gasteiger partial charge in [-0.05, 0) is 30.3 Å². The number of alkyl halides is 2. The van der Waals surface area contributed by atoms with E-state index >= 15 is 0 Å². The predicted octanol–water partition coefficient (Wildman–Crippen LogP) is 4.13. The van der Waals surface area contributed by atoms with Gasteiger partial charge in [0.15, 0.2) is 0 Å². The Morgan fingerprint density at radius 3 is 2.61 bits per heavy atom. The second-order valence-electron chi connectivity index (χ2n) is 4.40. The molecule has 2 aromatic rings. The molecule has 0 aliphatic rings. The molecule has 0 atom stereocenters. The van der Waals surface area contributed by atoms with Crippen LogP contribution < -0.4 is 15.4 Å². The summed E-state index contributed by atoms with van der Waals surface area (Å²) in [5.74, 6) is -1.31. The molecule has 4 nitrogen and oxygen atoms in total. The molecule has 122 valence electrons. The first-order valence-electron chi connectivity index (χ1n) is 6.48. The molecular formula is C15H12ClF3N2O2. The number of rotatable bonds is 6. The van der Waals surface area contributed by atoms with Crippen molar-refractivity contribution in [1.82, 2.24) is 0 Å². The van der Waals surface area contributed by atoms with Gasteiger partial charge in [-0.15, -0.1) is 0 Å². The summed E-state index contributed by atoms with van der Waals surface area (Å²) in [5, 5.41) is 5.23. The zero-order chi connectivity index (χ0) is 16.8. The van der Waals surface area contributed by atoms with Gasteiger partial charge >= 0.3 is 6.61 Å². The number of halogens is 4. The number of carbonyl (C=O) groups is 1. The maximum Gasteiger partial charge on any atom is 0.387 e. The van der Waals surface area contributed by atoms with Crippen LogP contribution in [0.1, 0.15) is 0 Å². The van der Waals surface area contributed by atoms with E-state index < -0.39 is 18.3 Å². The Kier molecular flexibility index (Phi) is 5.70. The Morgan fingerprint density at radius 2 is 1.91 bits per heavy atom. The average molecular weight is 345 g/mol. The highest BCUT2D eigenvalue weighted by atomic mass is 35.5. The number of benzene rings is 2. The van der Waals surface area contributed by atoms with E-state index in [1.807, 2.05) is 0 Å². The number of amides is 1. The molecule has 0 bridgehead atoms. The maximum atomic E-state index is 13.6. The number of para-hydroxylation sites is 2. The van der Waals surface area contributed by atoms with E-state index in [-0.39, 0.29) is 28.7 Å². The van der Waals surface area contributed by atoms with Gasteiger partial charge in [-0.2, -0.15) is 8.78 Å². The van der Waals surface area contributed by atoms with Gasteiger partial charge in [0.25, 0.3) is 0 Å². The second kappa shape index (κ2) is 7.73. The van der Waals surface area contributed by atoms with Crippen LogP contribution in [-0.2, 0) is 4.79 Å². The maximum absolute atomic E-state index is 13.6. The van der Waals surface area contributed by atoms with E-state index in [0.29, 0.717) is 0 Å². The van der Waals surface area contributed by atoms with Crippen molar-refractivity contribution in [2.24, 2.45) is 0 Å². The summed E-state index contributed by atoms with van der Waals surface area (Å²) >= 11 is 5.62. The molecule has 0 fully saturated rings. The van der Waals surface area contributed by atoms with Crippen molar-refractivity contribution in [1.29, 1.82) is 0 Å². The number of hydrogen-bond donors (Lipinski definition) is 2. The minimum atomic E-state index is -3.01. The minimum Gasteiger partial charge on any atom is -0.433 e. The monoisotopic (exact) mass is 344 g/mol. The molecule has 0 saturated carbocycles. The molecule has 0 radical (unpaired) electrons. The molecule has 2 N–H and O–H groups in total. The van der Waals surface area contributed by atoms with Crippen LogP contribution in [0, 0.1) is 5.82 Å². The third-order valence-corrected chi connectivity index (χ3v) is 2.98. The summed E-state index contributed by atoms with van der Waals surface area (Å²) in [5.41, 5.74) is 0.192. The van der Waals surface area contributed by atoms with Crippen LogP contribution in [0.5, 0.6) is 5.75 Å². The molecule has 8 heteroatoms. The number of anilines is 2. The first kappa shape index (κ1) is 17.0. The van der Waals surface area contributed by atoms with Gasteiger partial charge < -0.3 is 15.4 Å². The zero-order valence-electron chi connectivity index (χ0n) is 11.7. The number of ether oxygens (including phenoxy) is 1. The Hall–Kier alpha value is -2.41. The summed E-state index contributed by atoms with van der Waals surface area (Å²) in [6, 6.07) is 9.73. The van der Waals surface area contributed by atoms with Crippen LogP contribution in [-0.4, -0.2) is 19.1 Å². The van der Waals surface area contributed by atoms with E-state index in [1.165, 1.54) is 30.3 Å². The van der Waals surface area contributed by atoms with Crippen LogP contribution in [0.25, 0.3) is 0 Å². The van der Waals surface area contributed by atoms with Gasteiger partial charge in [0.05, 0.1) is 17.9 Å². The van der Waals surface area contributed by atoms with Crippen molar-refractivity contribution < 1.29 is 22.7 Å². The van der Waals surface area contributed by atoms with Crippen molar-refractivity contribution >= 4 is 28.9 Å². The highest BCUT2D eigenvalue weighted by molar-refractivity contribution is 6.30. The lowest BCUT2D eigenvalue weighted by Gasteiger charge is -2.12. The van der Waals surface area contributed by atoms with Gasteiger partial charge in [-0.1, -0.05) is 23.7 Å². The summed E-state index contributed by atoms with van der Waals surface area (Å²) in [6.07, 6.45) is 0. The standard InChI is InChI=1S/C15H12ClF3N2O2/c16-9-5-6-11(10(17)7-9)20-8-14(22)21-12-3-1-2-4-13(12)23-15(18)19/h1-7,15,20H,8H2,(H,21,22). The number of nitrogens with one attached hydrogen (secondary N) is 2. The highest BCUT2D eigenvalue weighted by Crippen LogP contribution is 2.25. The van der Waals surface area contributed by atoms with Crippen molar-refractivity contribution in [3.8, 4) is 5.75 Å². The average Bonchev–Trinajstić information content (AvgIpc) is 2.48. The molecule has 0 unspecified atom stereocenters. The SMILES string of the molecule is O=C(CNc1ccc(Cl)cc1F)Nc1ccccc1OC(F)F. The van der Waals surface area contributed by atoms with Gasteiger partial charge in [-0.3, -0.25) is 4.79 Å². The number of hydrogen-bond acceptors (Lipinski definition) is 3. The minimum absolute atomic E-state index is 0.0937. The first-order chi connectivity index (χ1) is 11.0. The van der Waals surface area contributed by atoms with Crippen molar-refractivity contribution in [3.05, 3.63) is 53.3 Å². The zero-order valence-corrected chi connectivity index (χ0v) is 12.4. The normalized spacial score (nSPS) is 10.5. The van der Waals surface area contributed by atoms with Crippen LogP contribution in [0.15, 0.2) is 42.5 Å². The van der Waals surface area contributed by atoms with E-state index in [2.05, 4.69) is 15.4 Å². The summed E-state index contributed by atoms with van der Waals surface area (Å²) < 4.78 is 42.4. The Morgan fingerprint density at radius 1 is 1.17 bits per heavy atom. The lowest BCUT2D eigenvalue weighted by atomic mass is 10.3. The lowest BCUT2D eigenvalue weighted by Crippen LogP contribution is -2.22. The molecule has 1 amide bonds. The molecule has 2 aromatic carbocycles. The third-order valence-electron chi connectivity index (χ3n) is 2.75. The van der Waals surface area contributed by atoms with E-state index in [1.54, 1.807) is 6.07 Å². The van der Waals surface area contributed by atoms with E-state index in [0.717, 1.165) is 6.07 Å². The van der Waals surface area contributed by atoms with Crippen LogP contribution >= 0.6 is 11.6 Å². The van der Waals surface area contributed by atoms with Crippen LogP contribution in [0.3, 0.4) is 0 Å². The Balaban J connectivity index is 1.97. The molecule has 0 spiro atoms. The smallest absolute Gasteiger partial charge is 0.387 e.